The van der Waals surface area contributed by atoms with Crippen LogP contribution in [0.1, 0.15) is 11.1 Å². The molecule has 0 spiro atoms. The molecule has 0 heterocycles. The minimum absolute atomic E-state index is 0.257. The summed E-state index contributed by atoms with van der Waals surface area (Å²) in [5.74, 6) is 1.55. The van der Waals surface area contributed by atoms with Crippen molar-refractivity contribution in [3.05, 3.63) is 102 Å². The second kappa shape index (κ2) is 8.89. The van der Waals surface area contributed by atoms with E-state index in [0.29, 0.717) is 17.1 Å². The minimum Gasteiger partial charge on any atom is -0.457 e. The SMILES string of the molecule is Cc1ccc(-c2c(Oc3ccccc3)ccc(OS(C)(=O)=O)c2-c2ccc(C)cc2)cc1. The number of benzene rings is 4. The molecule has 0 fully saturated rings. The summed E-state index contributed by atoms with van der Waals surface area (Å²) in [5, 5.41) is 0. The lowest BCUT2D eigenvalue weighted by atomic mass is 9.92. The van der Waals surface area contributed by atoms with Gasteiger partial charge in [0.15, 0.2) is 5.75 Å². The van der Waals surface area contributed by atoms with Gasteiger partial charge in [0.25, 0.3) is 0 Å². The van der Waals surface area contributed by atoms with Crippen LogP contribution in [0.2, 0.25) is 0 Å². The minimum atomic E-state index is -3.73. The maximum Gasteiger partial charge on any atom is 0.306 e. The predicted molar refractivity (Wildman–Crippen MR) is 129 cm³/mol. The van der Waals surface area contributed by atoms with E-state index in [-0.39, 0.29) is 5.75 Å². The molecule has 4 aromatic carbocycles. The summed E-state index contributed by atoms with van der Waals surface area (Å²) < 4.78 is 35.8. The van der Waals surface area contributed by atoms with Crippen molar-refractivity contribution in [3.63, 3.8) is 0 Å². The molecular formula is C27H24O4S. The van der Waals surface area contributed by atoms with Crippen molar-refractivity contribution in [1.29, 1.82) is 0 Å². The lowest BCUT2D eigenvalue weighted by Gasteiger charge is -2.19. The average Bonchev–Trinajstić information content (AvgIpc) is 2.76. The van der Waals surface area contributed by atoms with E-state index < -0.39 is 10.1 Å². The van der Waals surface area contributed by atoms with Crippen molar-refractivity contribution in [3.8, 4) is 39.5 Å². The zero-order chi connectivity index (χ0) is 22.7. The smallest absolute Gasteiger partial charge is 0.306 e. The lowest BCUT2D eigenvalue weighted by molar-refractivity contribution is 0.479. The van der Waals surface area contributed by atoms with Crippen molar-refractivity contribution in [2.45, 2.75) is 13.8 Å². The molecule has 0 bridgehead atoms. The number of hydrogen-bond acceptors (Lipinski definition) is 4. The summed E-state index contributed by atoms with van der Waals surface area (Å²) >= 11 is 0. The van der Waals surface area contributed by atoms with Crippen molar-refractivity contribution in [2.75, 3.05) is 6.26 Å². The molecule has 0 aliphatic heterocycles. The van der Waals surface area contributed by atoms with E-state index in [9.17, 15) is 8.42 Å². The second-order valence-corrected chi connectivity index (χ2v) is 9.32. The standard InChI is InChI=1S/C27H24O4S/c1-19-9-13-21(14-10-19)26-24(30-23-7-5-4-6-8-23)17-18-25(31-32(3,28)29)27(26)22-15-11-20(2)12-16-22/h4-18H,1-3H3. The van der Waals surface area contributed by atoms with Crippen molar-refractivity contribution in [2.24, 2.45) is 0 Å². The largest absolute Gasteiger partial charge is 0.457 e. The highest BCUT2D eigenvalue weighted by Gasteiger charge is 2.22. The first-order chi connectivity index (χ1) is 15.3. The zero-order valence-electron chi connectivity index (χ0n) is 18.2. The van der Waals surface area contributed by atoms with Crippen molar-refractivity contribution < 1.29 is 17.3 Å². The van der Waals surface area contributed by atoms with Crippen LogP contribution >= 0.6 is 0 Å². The summed E-state index contributed by atoms with van der Waals surface area (Å²) in [6, 6.07) is 28.8. The van der Waals surface area contributed by atoms with Crippen LogP contribution in [0.25, 0.3) is 22.3 Å². The average molecular weight is 445 g/mol. The number of ether oxygens (including phenoxy) is 1. The van der Waals surface area contributed by atoms with Crippen molar-refractivity contribution in [1.82, 2.24) is 0 Å². The Bertz CT molecular complexity index is 1330. The molecule has 0 saturated carbocycles. The van der Waals surface area contributed by atoms with E-state index in [4.69, 9.17) is 8.92 Å². The highest BCUT2D eigenvalue weighted by Crippen LogP contribution is 2.46. The predicted octanol–water partition coefficient (Wildman–Crippen LogP) is 6.77. The maximum absolute atomic E-state index is 12.1. The number of rotatable bonds is 6. The lowest BCUT2D eigenvalue weighted by Crippen LogP contribution is -2.07. The van der Waals surface area contributed by atoms with Gasteiger partial charge in [0.05, 0.1) is 6.26 Å². The summed E-state index contributed by atoms with van der Waals surface area (Å²) in [5.41, 5.74) is 5.39. The fraction of sp³-hybridized carbons (Fsp3) is 0.111. The molecule has 5 heteroatoms. The first-order valence-electron chi connectivity index (χ1n) is 10.2. The van der Waals surface area contributed by atoms with Crippen LogP contribution in [-0.4, -0.2) is 14.7 Å². The van der Waals surface area contributed by atoms with E-state index in [2.05, 4.69) is 0 Å². The Balaban J connectivity index is 2.01. The van der Waals surface area contributed by atoms with Crippen LogP contribution in [0.4, 0.5) is 0 Å². The molecule has 0 aliphatic carbocycles. The molecule has 0 radical (unpaired) electrons. The van der Waals surface area contributed by atoms with Gasteiger partial charge in [-0.1, -0.05) is 77.9 Å². The second-order valence-electron chi connectivity index (χ2n) is 7.75. The van der Waals surface area contributed by atoms with Gasteiger partial charge in [0.2, 0.25) is 0 Å². The first-order valence-corrected chi connectivity index (χ1v) is 12.1. The highest BCUT2D eigenvalue weighted by molar-refractivity contribution is 7.86. The Kier molecular flexibility index (Phi) is 6.01. The molecule has 0 aliphatic rings. The van der Waals surface area contributed by atoms with Gasteiger partial charge in [-0.3, -0.25) is 0 Å². The van der Waals surface area contributed by atoms with Gasteiger partial charge in [0, 0.05) is 11.1 Å². The Morgan fingerprint density at radius 2 is 1.06 bits per heavy atom. The molecule has 0 atom stereocenters. The molecule has 4 aromatic rings. The van der Waals surface area contributed by atoms with Crippen LogP contribution < -0.4 is 8.92 Å². The third-order valence-electron chi connectivity index (χ3n) is 5.02. The van der Waals surface area contributed by atoms with Gasteiger partial charge in [-0.2, -0.15) is 8.42 Å². The maximum atomic E-state index is 12.1. The van der Waals surface area contributed by atoms with Gasteiger partial charge >= 0.3 is 10.1 Å². The Labute approximate surface area is 189 Å². The Morgan fingerprint density at radius 3 is 1.56 bits per heavy atom. The third-order valence-corrected chi connectivity index (χ3v) is 5.50. The number of aryl methyl sites for hydroxylation is 2. The fourth-order valence-electron chi connectivity index (χ4n) is 3.51. The monoisotopic (exact) mass is 444 g/mol. The third kappa shape index (κ3) is 5.01. The van der Waals surface area contributed by atoms with Gasteiger partial charge in [-0.15, -0.1) is 0 Å². The molecule has 0 amide bonds. The Morgan fingerprint density at radius 1 is 0.594 bits per heavy atom. The van der Waals surface area contributed by atoms with Crippen molar-refractivity contribution >= 4 is 10.1 Å². The van der Waals surface area contributed by atoms with Gasteiger partial charge in [-0.25, -0.2) is 0 Å². The van der Waals surface area contributed by atoms with Crippen LogP contribution in [0.15, 0.2) is 91.0 Å². The van der Waals surface area contributed by atoms with Gasteiger partial charge in [-0.05, 0) is 49.2 Å². The van der Waals surface area contributed by atoms with Crippen LogP contribution in [-0.2, 0) is 10.1 Å². The van der Waals surface area contributed by atoms with E-state index in [0.717, 1.165) is 34.1 Å². The number of hydrogen-bond donors (Lipinski definition) is 0. The highest BCUT2D eigenvalue weighted by atomic mass is 32.2. The normalized spacial score (nSPS) is 11.2. The van der Waals surface area contributed by atoms with Crippen LogP contribution in [0.3, 0.4) is 0 Å². The molecule has 32 heavy (non-hydrogen) atoms. The van der Waals surface area contributed by atoms with E-state index in [1.807, 2.05) is 92.7 Å². The zero-order valence-corrected chi connectivity index (χ0v) is 19.0. The molecule has 0 unspecified atom stereocenters. The van der Waals surface area contributed by atoms with Gasteiger partial charge < -0.3 is 8.92 Å². The molecular weight excluding hydrogens is 420 g/mol. The first kappa shape index (κ1) is 21.7. The topological polar surface area (TPSA) is 52.6 Å². The molecule has 162 valence electrons. The van der Waals surface area contributed by atoms with Crippen LogP contribution in [0, 0.1) is 13.8 Å². The van der Waals surface area contributed by atoms with E-state index in [1.54, 1.807) is 12.1 Å². The molecule has 4 nitrogen and oxygen atoms in total. The fourth-order valence-corrected chi connectivity index (χ4v) is 3.98. The van der Waals surface area contributed by atoms with Gasteiger partial charge in [0.1, 0.15) is 11.5 Å². The quantitative estimate of drug-likeness (QED) is 0.308. The number of para-hydroxylation sites is 1. The summed E-state index contributed by atoms with van der Waals surface area (Å²) in [6.07, 6.45) is 1.05. The summed E-state index contributed by atoms with van der Waals surface area (Å²) in [4.78, 5) is 0. The summed E-state index contributed by atoms with van der Waals surface area (Å²) in [6.45, 7) is 4.03. The van der Waals surface area contributed by atoms with E-state index in [1.165, 1.54) is 0 Å². The van der Waals surface area contributed by atoms with E-state index >= 15 is 0 Å². The van der Waals surface area contributed by atoms with Crippen LogP contribution in [0.5, 0.6) is 17.2 Å². The molecule has 0 N–H and O–H groups in total. The summed E-state index contributed by atoms with van der Waals surface area (Å²) in [7, 11) is -3.73. The Hall–Kier alpha value is -3.57. The molecule has 0 saturated heterocycles. The molecule has 4 rings (SSSR count). The molecule has 0 aromatic heterocycles.